The summed E-state index contributed by atoms with van der Waals surface area (Å²) < 4.78 is 15.3. The zero-order valence-corrected chi connectivity index (χ0v) is 14.7. The van der Waals surface area contributed by atoms with Crippen molar-refractivity contribution in [3.8, 4) is 11.1 Å². The molecular weight excluding hydrogens is 329 g/mol. The first-order valence-electron chi connectivity index (χ1n) is 8.50. The third kappa shape index (κ3) is 4.27. The van der Waals surface area contributed by atoms with Gasteiger partial charge in [-0.05, 0) is 30.2 Å². The molecule has 1 atom stereocenters. The average molecular weight is 351 g/mol. The number of hydrogen-bond acceptors (Lipinski definition) is 4. The molecule has 0 aliphatic carbocycles. The van der Waals surface area contributed by atoms with Crippen LogP contribution < -0.4 is 10.6 Å². The summed E-state index contributed by atoms with van der Waals surface area (Å²) in [4.78, 5) is 3.95. The van der Waals surface area contributed by atoms with E-state index >= 15 is 0 Å². The lowest BCUT2D eigenvalue weighted by atomic mass is 9.99. The molecule has 3 rings (SSSR count). The van der Waals surface area contributed by atoms with E-state index in [1.807, 2.05) is 42.5 Å². The molecule has 5 nitrogen and oxygen atoms in total. The van der Waals surface area contributed by atoms with Gasteiger partial charge in [0.25, 0.3) is 0 Å². The van der Waals surface area contributed by atoms with Crippen molar-refractivity contribution < 1.29 is 4.39 Å². The third-order valence-corrected chi connectivity index (χ3v) is 3.97. The number of anilines is 2. The highest BCUT2D eigenvalue weighted by Crippen LogP contribution is 2.34. The van der Waals surface area contributed by atoms with Crippen molar-refractivity contribution in [2.75, 3.05) is 17.2 Å². The summed E-state index contributed by atoms with van der Waals surface area (Å²) in [5.74, 6) is 0. The average Bonchev–Trinajstić information content (AvgIpc) is 3.16. The first-order valence-corrected chi connectivity index (χ1v) is 8.50. The number of nitrogens with zero attached hydrogens (tertiary/aromatic N) is 3. The van der Waals surface area contributed by atoms with Crippen LogP contribution in [-0.2, 0) is 6.54 Å². The molecule has 0 radical (unpaired) electrons. The lowest BCUT2D eigenvalue weighted by Gasteiger charge is -2.18. The van der Waals surface area contributed by atoms with Crippen LogP contribution in [0.5, 0.6) is 0 Å². The number of nitrogens with one attached hydrogen (secondary N) is 2. The Balaban J connectivity index is 1.93. The number of alkyl halides is 1. The smallest absolute Gasteiger partial charge is 0.167 e. The van der Waals surface area contributed by atoms with Crippen LogP contribution in [0.4, 0.5) is 15.8 Å². The van der Waals surface area contributed by atoms with Crippen LogP contribution in [0.15, 0.2) is 61.7 Å². The third-order valence-electron chi connectivity index (χ3n) is 3.97. The van der Waals surface area contributed by atoms with Crippen LogP contribution in [0.1, 0.15) is 12.5 Å². The van der Waals surface area contributed by atoms with Gasteiger partial charge in [-0.25, -0.2) is 9.37 Å². The molecule has 0 spiro atoms. The van der Waals surface area contributed by atoms with Gasteiger partial charge in [-0.15, -0.1) is 0 Å². The number of halogens is 1. The largest absolute Gasteiger partial charge is 0.383 e. The summed E-state index contributed by atoms with van der Waals surface area (Å²) >= 11 is 0. The first kappa shape index (κ1) is 17.7. The summed E-state index contributed by atoms with van der Waals surface area (Å²) in [6, 6.07) is 14.0. The van der Waals surface area contributed by atoms with Gasteiger partial charge in [-0.1, -0.05) is 43.0 Å². The molecule has 2 N–H and O–H groups in total. The van der Waals surface area contributed by atoms with E-state index < -0.39 is 6.30 Å². The molecule has 6 heteroatoms. The fourth-order valence-electron chi connectivity index (χ4n) is 2.78. The van der Waals surface area contributed by atoms with Gasteiger partial charge in [0.2, 0.25) is 0 Å². The van der Waals surface area contributed by atoms with Crippen LogP contribution in [0.3, 0.4) is 0 Å². The molecular formula is C20H22FN5. The summed E-state index contributed by atoms with van der Waals surface area (Å²) in [5.41, 5.74) is 4.58. The Bertz CT molecular complexity index is 844. The number of rotatable bonds is 8. The highest BCUT2D eigenvalue weighted by Gasteiger charge is 2.11. The minimum absolute atomic E-state index is 0.687. The van der Waals surface area contributed by atoms with Gasteiger partial charge in [0.05, 0.1) is 6.54 Å². The quantitative estimate of drug-likeness (QED) is 0.590. The van der Waals surface area contributed by atoms with Crippen molar-refractivity contribution in [3.05, 3.63) is 67.3 Å². The zero-order chi connectivity index (χ0) is 18.4. The summed E-state index contributed by atoms with van der Waals surface area (Å²) in [6.07, 6.45) is 3.78. The highest BCUT2D eigenvalue weighted by atomic mass is 19.1. The minimum atomic E-state index is -1.15. The summed E-state index contributed by atoms with van der Waals surface area (Å²) in [5, 5.41) is 10.4. The molecule has 1 aromatic heterocycles. The fraction of sp³-hybridized carbons (Fsp3) is 0.200. The molecule has 1 heterocycles. The Morgan fingerprint density at radius 1 is 1.23 bits per heavy atom. The van der Waals surface area contributed by atoms with E-state index in [4.69, 9.17) is 0 Å². The first-order chi connectivity index (χ1) is 12.7. The predicted molar refractivity (Wildman–Crippen MR) is 105 cm³/mol. The Labute approximate surface area is 152 Å². The van der Waals surface area contributed by atoms with Gasteiger partial charge >= 0.3 is 0 Å². The lowest BCUT2D eigenvalue weighted by molar-refractivity contribution is 0.402. The van der Waals surface area contributed by atoms with Gasteiger partial charge < -0.3 is 10.6 Å². The molecule has 0 aliphatic heterocycles. The molecule has 3 aromatic rings. The Morgan fingerprint density at radius 3 is 2.69 bits per heavy atom. The van der Waals surface area contributed by atoms with Gasteiger partial charge in [-0.3, -0.25) is 4.68 Å². The van der Waals surface area contributed by atoms with Crippen molar-refractivity contribution in [2.24, 2.45) is 0 Å². The van der Waals surface area contributed by atoms with E-state index in [9.17, 15) is 4.39 Å². The predicted octanol–water partition coefficient (Wildman–Crippen LogP) is 4.43. The van der Waals surface area contributed by atoms with E-state index in [1.54, 1.807) is 17.1 Å². The number of aromatic nitrogens is 3. The zero-order valence-electron chi connectivity index (χ0n) is 14.7. The molecule has 0 aliphatic rings. The van der Waals surface area contributed by atoms with Crippen LogP contribution in [-0.4, -0.2) is 27.6 Å². The SMILES string of the molecule is C=Cc1cc(NCCn2cncn2)c(-c2ccccc2)cc1NC(C)F. The maximum absolute atomic E-state index is 13.5. The Hall–Kier alpha value is -3.15. The van der Waals surface area contributed by atoms with E-state index in [-0.39, 0.29) is 0 Å². The Morgan fingerprint density at radius 2 is 2.04 bits per heavy atom. The highest BCUT2D eigenvalue weighted by molar-refractivity contribution is 5.85. The molecule has 0 fully saturated rings. The number of hydrogen-bond donors (Lipinski definition) is 2. The van der Waals surface area contributed by atoms with E-state index in [0.717, 1.165) is 28.1 Å². The molecule has 2 aromatic carbocycles. The van der Waals surface area contributed by atoms with Gasteiger partial charge in [0, 0.05) is 23.5 Å². The van der Waals surface area contributed by atoms with Crippen molar-refractivity contribution >= 4 is 17.5 Å². The Kier molecular flexibility index (Phi) is 5.63. The monoisotopic (exact) mass is 351 g/mol. The molecule has 1 unspecified atom stereocenters. The second-order valence-electron chi connectivity index (χ2n) is 5.90. The maximum atomic E-state index is 13.5. The standard InChI is InChI=1S/C20H22FN5/c1-3-16-11-20(23-9-10-26-14-22-13-24-26)18(12-19(16)25-15(2)21)17-7-5-4-6-8-17/h3-8,11-15,23,25H,1,9-10H2,2H3. The van der Waals surface area contributed by atoms with Crippen molar-refractivity contribution in [1.29, 1.82) is 0 Å². The lowest BCUT2D eigenvalue weighted by Crippen LogP contribution is -2.13. The van der Waals surface area contributed by atoms with Crippen LogP contribution in [0, 0.1) is 0 Å². The number of benzene rings is 2. The minimum Gasteiger partial charge on any atom is -0.383 e. The van der Waals surface area contributed by atoms with Crippen LogP contribution >= 0.6 is 0 Å². The van der Waals surface area contributed by atoms with E-state index in [0.29, 0.717) is 13.1 Å². The molecule has 26 heavy (non-hydrogen) atoms. The second kappa shape index (κ2) is 8.29. The van der Waals surface area contributed by atoms with Crippen LogP contribution in [0.2, 0.25) is 0 Å². The fourth-order valence-corrected chi connectivity index (χ4v) is 2.78. The molecule has 134 valence electrons. The molecule has 0 saturated carbocycles. The normalized spacial score (nSPS) is 11.8. The summed E-state index contributed by atoms with van der Waals surface area (Å²) in [6.45, 7) is 6.70. The van der Waals surface area contributed by atoms with Gasteiger partial charge in [-0.2, -0.15) is 5.10 Å². The molecule has 0 amide bonds. The second-order valence-corrected chi connectivity index (χ2v) is 5.90. The van der Waals surface area contributed by atoms with Crippen LogP contribution in [0.25, 0.3) is 17.2 Å². The topological polar surface area (TPSA) is 54.8 Å². The summed E-state index contributed by atoms with van der Waals surface area (Å²) in [7, 11) is 0. The van der Waals surface area contributed by atoms with Crippen molar-refractivity contribution in [2.45, 2.75) is 19.8 Å². The van der Waals surface area contributed by atoms with Crippen molar-refractivity contribution in [3.63, 3.8) is 0 Å². The molecule has 0 bridgehead atoms. The van der Waals surface area contributed by atoms with E-state index in [2.05, 4.69) is 27.3 Å². The molecule has 0 saturated heterocycles. The van der Waals surface area contributed by atoms with Crippen molar-refractivity contribution in [1.82, 2.24) is 14.8 Å². The van der Waals surface area contributed by atoms with Gasteiger partial charge in [0.1, 0.15) is 12.7 Å². The van der Waals surface area contributed by atoms with Gasteiger partial charge in [0.15, 0.2) is 6.30 Å². The van der Waals surface area contributed by atoms with E-state index in [1.165, 1.54) is 13.3 Å². The maximum Gasteiger partial charge on any atom is 0.167 e.